The van der Waals surface area contributed by atoms with Crippen molar-refractivity contribution in [2.24, 2.45) is 11.7 Å². The molecule has 0 aromatic rings. The summed E-state index contributed by atoms with van der Waals surface area (Å²) in [4.78, 5) is 11.0. The highest BCUT2D eigenvalue weighted by molar-refractivity contribution is 7.92. The van der Waals surface area contributed by atoms with Crippen LogP contribution in [0.2, 0.25) is 0 Å². The van der Waals surface area contributed by atoms with E-state index in [1.807, 2.05) is 13.8 Å². The SMILES string of the molecule is CC(C)C(NCCS(=O)(=O)C(C)C)C(N)=O. The van der Waals surface area contributed by atoms with E-state index in [0.29, 0.717) is 0 Å². The maximum atomic E-state index is 11.5. The van der Waals surface area contributed by atoms with Crippen LogP contribution in [0.1, 0.15) is 27.7 Å². The molecule has 0 radical (unpaired) electrons. The lowest BCUT2D eigenvalue weighted by atomic mass is 10.0. The molecule has 3 N–H and O–H groups in total. The van der Waals surface area contributed by atoms with Crippen molar-refractivity contribution in [3.63, 3.8) is 0 Å². The number of nitrogens with one attached hydrogen (secondary N) is 1. The van der Waals surface area contributed by atoms with Crippen LogP contribution in [-0.4, -0.2) is 37.9 Å². The van der Waals surface area contributed by atoms with Crippen LogP contribution < -0.4 is 11.1 Å². The summed E-state index contributed by atoms with van der Waals surface area (Å²) in [7, 11) is -3.06. The van der Waals surface area contributed by atoms with Gasteiger partial charge in [-0.3, -0.25) is 4.79 Å². The van der Waals surface area contributed by atoms with Gasteiger partial charge < -0.3 is 11.1 Å². The van der Waals surface area contributed by atoms with Crippen LogP contribution in [0.4, 0.5) is 0 Å². The number of nitrogens with two attached hydrogens (primary N) is 1. The van der Waals surface area contributed by atoms with Crippen LogP contribution in [0, 0.1) is 5.92 Å². The van der Waals surface area contributed by atoms with Crippen LogP contribution in [0.15, 0.2) is 0 Å². The molecule has 0 aliphatic carbocycles. The molecule has 0 bridgehead atoms. The number of rotatable bonds is 7. The predicted molar refractivity (Wildman–Crippen MR) is 64.7 cm³/mol. The topological polar surface area (TPSA) is 89.3 Å². The molecular formula is C10H22N2O3S. The van der Waals surface area contributed by atoms with Gasteiger partial charge in [0.1, 0.15) is 0 Å². The molecule has 0 spiro atoms. The minimum atomic E-state index is -3.06. The van der Waals surface area contributed by atoms with Gasteiger partial charge in [-0.1, -0.05) is 13.8 Å². The first-order valence-corrected chi connectivity index (χ1v) is 7.14. The molecule has 16 heavy (non-hydrogen) atoms. The average molecular weight is 250 g/mol. The molecule has 6 heteroatoms. The summed E-state index contributed by atoms with van der Waals surface area (Å²) in [6, 6.07) is -0.470. The second-order valence-electron chi connectivity index (χ2n) is 4.49. The van der Waals surface area contributed by atoms with E-state index in [0.717, 1.165) is 0 Å². The van der Waals surface area contributed by atoms with Gasteiger partial charge in [0.15, 0.2) is 9.84 Å². The van der Waals surface area contributed by atoms with Crippen molar-refractivity contribution in [1.29, 1.82) is 0 Å². The number of hydrogen-bond acceptors (Lipinski definition) is 4. The Bertz CT molecular complexity index is 323. The molecule has 0 fully saturated rings. The second-order valence-corrected chi connectivity index (χ2v) is 7.17. The summed E-state index contributed by atoms with van der Waals surface area (Å²) >= 11 is 0. The normalized spacial score (nSPS) is 14.4. The van der Waals surface area contributed by atoms with E-state index < -0.39 is 21.8 Å². The summed E-state index contributed by atoms with van der Waals surface area (Å²) in [5.41, 5.74) is 5.20. The van der Waals surface area contributed by atoms with Gasteiger partial charge in [-0.05, 0) is 19.8 Å². The Labute approximate surface area is 97.7 Å². The van der Waals surface area contributed by atoms with Crippen LogP contribution in [0.5, 0.6) is 0 Å². The molecule has 0 aliphatic heterocycles. The fourth-order valence-electron chi connectivity index (χ4n) is 1.26. The number of amides is 1. The van der Waals surface area contributed by atoms with Gasteiger partial charge in [0.2, 0.25) is 5.91 Å². The first-order chi connectivity index (χ1) is 7.18. The zero-order chi connectivity index (χ0) is 12.9. The number of hydrogen-bond donors (Lipinski definition) is 2. The standard InChI is InChI=1S/C10H22N2O3S/c1-7(2)9(10(11)13)12-5-6-16(14,15)8(3)4/h7-9,12H,5-6H2,1-4H3,(H2,11,13). The number of primary amides is 1. The minimum absolute atomic E-state index is 0.0289. The van der Waals surface area contributed by atoms with Gasteiger partial charge in [0.05, 0.1) is 17.0 Å². The molecule has 1 unspecified atom stereocenters. The van der Waals surface area contributed by atoms with Crippen molar-refractivity contribution >= 4 is 15.7 Å². The summed E-state index contributed by atoms with van der Waals surface area (Å²) in [5, 5.41) is 2.49. The molecule has 0 aromatic heterocycles. The highest BCUT2D eigenvalue weighted by atomic mass is 32.2. The quantitative estimate of drug-likeness (QED) is 0.661. The Balaban J connectivity index is 4.21. The van der Waals surface area contributed by atoms with Crippen molar-refractivity contribution in [1.82, 2.24) is 5.32 Å². The van der Waals surface area contributed by atoms with Crippen LogP contribution >= 0.6 is 0 Å². The third-order valence-electron chi connectivity index (χ3n) is 2.44. The van der Waals surface area contributed by atoms with E-state index in [1.54, 1.807) is 13.8 Å². The summed E-state index contributed by atoms with van der Waals surface area (Å²) < 4.78 is 23.0. The Kier molecular flexibility index (Phi) is 5.96. The molecule has 0 aromatic carbocycles. The van der Waals surface area contributed by atoms with Gasteiger partial charge >= 0.3 is 0 Å². The Morgan fingerprint density at radius 1 is 1.25 bits per heavy atom. The predicted octanol–water partition coefficient (Wildman–Crippen LogP) is -0.0909. The molecule has 0 heterocycles. The summed E-state index contributed by atoms with van der Waals surface area (Å²) in [6.45, 7) is 7.26. The first-order valence-electron chi connectivity index (χ1n) is 5.42. The summed E-state index contributed by atoms with van der Waals surface area (Å²) in [6.07, 6.45) is 0. The van der Waals surface area contributed by atoms with E-state index >= 15 is 0 Å². The van der Waals surface area contributed by atoms with E-state index in [4.69, 9.17) is 5.73 Å². The summed E-state index contributed by atoms with van der Waals surface area (Å²) in [5.74, 6) is -0.363. The lowest BCUT2D eigenvalue weighted by Gasteiger charge is -2.19. The third-order valence-corrected chi connectivity index (χ3v) is 4.65. The van der Waals surface area contributed by atoms with Gasteiger partial charge in [0.25, 0.3) is 0 Å². The molecule has 0 saturated carbocycles. The first kappa shape index (κ1) is 15.4. The fourth-order valence-corrected chi connectivity index (χ4v) is 2.13. The highest BCUT2D eigenvalue weighted by Crippen LogP contribution is 2.02. The lowest BCUT2D eigenvalue weighted by molar-refractivity contribution is -0.120. The Hall–Kier alpha value is -0.620. The third kappa shape index (κ3) is 4.94. The number of sulfone groups is 1. The van der Waals surface area contributed by atoms with Crippen molar-refractivity contribution in [3.05, 3.63) is 0 Å². The average Bonchev–Trinajstić information content (AvgIpc) is 2.10. The molecule has 0 saturated heterocycles. The maximum absolute atomic E-state index is 11.5. The molecular weight excluding hydrogens is 228 g/mol. The van der Waals surface area contributed by atoms with Crippen molar-refractivity contribution in [2.45, 2.75) is 39.0 Å². The molecule has 1 atom stereocenters. The van der Waals surface area contributed by atoms with E-state index in [-0.39, 0.29) is 23.5 Å². The van der Waals surface area contributed by atoms with Gasteiger partial charge in [-0.15, -0.1) is 0 Å². The Morgan fingerprint density at radius 3 is 2.06 bits per heavy atom. The lowest BCUT2D eigenvalue weighted by Crippen LogP contribution is -2.46. The molecule has 1 amide bonds. The van der Waals surface area contributed by atoms with Gasteiger partial charge in [-0.25, -0.2) is 8.42 Å². The smallest absolute Gasteiger partial charge is 0.234 e. The van der Waals surface area contributed by atoms with Crippen molar-refractivity contribution in [3.8, 4) is 0 Å². The fraction of sp³-hybridized carbons (Fsp3) is 0.900. The minimum Gasteiger partial charge on any atom is -0.368 e. The zero-order valence-electron chi connectivity index (χ0n) is 10.4. The zero-order valence-corrected chi connectivity index (χ0v) is 11.2. The van der Waals surface area contributed by atoms with Gasteiger partial charge in [-0.2, -0.15) is 0 Å². The molecule has 96 valence electrons. The van der Waals surface area contributed by atoms with Crippen molar-refractivity contribution in [2.75, 3.05) is 12.3 Å². The van der Waals surface area contributed by atoms with E-state index in [9.17, 15) is 13.2 Å². The number of carbonyl (C=O) groups is 1. The monoisotopic (exact) mass is 250 g/mol. The largest absolute Gasteiger partial charge is 0.368 e. The van der Waals surface area contributed by atoms with Crippen LogP contribution in [0.25, 0.3) is 0 Å². The van der Waals surface area contributed by atoms with E-state index in [2.05, 4.69) is 5.32 Å². The van der Waals surface area contributed by atoms with Gasteiger partial charge in [0, 0.05) is 6.54 Å². The second kappa shape index (κ2) is 6.20. The van der Waals surface area contributed by atoms with E-state index in [1.165, 1.54) is 0 Å². The molecule has 0 rings (SSSR count). The maximum Gasteiger partial charge on any atom is 0.234 e. The van der Waals surface area contributed by atoms with Crippen molar-refractivity contribution < 1.29 is 13.2 Å². The molecule has 5 nitrogen and oxygen atoms in total. The Morgan fingerprint density at radius 2 is 1.75 bits per heavy atom. The highest BCUT2D eigenvalue weighted by Gasteiger charge is 2.21. The number of carbonyl (C=O) groups excluding carboxylic acids is 1. The molecule has 0 aliphatic rings. The van der Waals surface area contributed by atoms with Crippen LogP contribution in [0.3, 0.4) is 0 Å². The van der Waals surface area contributed by atoms with Crippen LogP contribution in [-0.2, 0) is 14.6 Å².